The van der Waals surface area contributed by atoms with E-state index in [1.165, 1.54) is 0 Å². The van der Waals surface area contributed by atoms with Crippen molar-refractivity contribution < 1.29 is 14.4 Å². The van der Waals surface area contributed by atoms with Crippen molar-refractivity contribution in [2.45, 2.75) is 19.8 Å². The van der Waals surface area contributed by atoms with Crippen LogP contribution >= 0.6 is 0 Å². The van der Waals surface area contributed by atoms with Crippen molar-refractivity contribution in [1.82, 2.24) is 5.32 Å². The van der Waals surface area contributed by atoms with E-state index in [1.807, 2.05) is 55.5 Å². The molecule has 0 aliphatic rings. The fourth-order valence-corrected chi connectivity index (χ4v) is 3.29. The zero-order valence-corrected chi connectivity index (χ0v) is 18.1. The van der Waals surface area contributed by atoms with Gasteiger partial charge in [-0.3, -0.25) is 14.4 Å². The first kappa shape index (κ1) is 22.7. The van der Waals surface area contributed by atoms with Crippen LogP contribution in [0.3, 0.4) is 0 Å². The normalized spacial score (nSPS) is 10.3. The number of hydrogen-bond acceptors (Lipinski definition) is 3. The summed E-state index contributed by atoms with van der Waals surface area (Å²) in [6.45, 7) is 2.79. The number of nitrogens with one attached hydrogen (secondary N) is 2. The van der Waals surface area contributed by atoms with Gasteiger partial charge in [0.1, 0.15) is 0 Å². The van der Waals surface area contributed by atoms with Gasteiger partial charge in [-0.1, -0.05) is 48.5 Å². The number of carbonyl (C=O) groups excluding carboxylic acids is 3. The summed E-state index contributed by atoms with van der Waals surface area (Å²) in [6, 6.07) is 25.7. The number of anilines is 2. The van der Waals surface area contributed by atoms with Gasteiger partial charge >= 0.3 is 0 Å². The second-order valence-corrected chi connectivity index (χ2v) is 7.27. The van der Waals surface area contributed by atoms with Crippen LogP contribution in [0.15, 0.2) is 84.9 Å². The van der Waals surface area contributed by atoms with Crippen LogP contribution < -0.4 is 15.5 Å². The molecule has 0 radical (unpaired) electrons. The topological polar surface area (TPSA) is 78.5 Å². The molecule has 32 heavy (non-hydrogen) atoms. The summed E-state index contributed by atoms with van der Waals surface area (Å²) in [5.74, 6) is -0.378. The Kier molecular flexibility index (Phi) is 8.15. The molecule has 6 nitrogen and oxygen atoms in total. The van der Waals surface area contributed by atoms with E-state index in [0.29, 0.717) is 17.8 Å². The third kappa shape index (κ3) is 6.54. The highest BCUT2D eigenvalue weighted by Gasteiger charge is 2.14. The maximum absolute atomic E-state index is 12.7. The molecule has 3 amide bonds. The lowest BCUT2D eigenvalue weighted by molar-refractivity contribution is -0.118. The van der Waals surface area contributed by atoms with Crippen molar-refractivity contribution in [3.05, 3.63) is 96.1 Å². The molecule has 0 saturated heterocycles. The molecule has 164 valence electrons. The van der Waals surface area contributed by atoms with E-state index >= 15 is 0 Å². The largest absolute Gasteiger partial charge is 0.352 e. The minimum atomic E-state index is -0.205. The first-order chi connectivity index (χ1) is 15.6. The first-order valence-corrected chi connectivity index (χ1v) is 10.6. The highest BCUT2D eigenvalue weighted by molar-refractivity contribution is 5.96. The predicted molar refractivity (Wildman–Crippen MR) is 127 cm³/mol. The molecule has 0 atom stereocenters. The lowest BCUT2D eigenvalue weighted by Crippen LogP contribution is -2.31. The molecule has 3 rings (SSSR count). The monoisotopic (exact) mass is 429 g/mol. The van der Waals surface area contributed by atoms with Crippen LogP contribution in [0.25, 0.3) is 0 Å². The van der Waals surface area contributed by atoms with Crippen molar-refractivity contribution in [2.24, 2.45) is 0 Å². The van der Waals surface area contributed by atoms with E-state index in [-0.39, 0.29) is 37.1 Å². The highest BCUT2D eigenvalue weighted by atomic mass is 16.2. The summed E-state index contributed by atoms with van der Waals surface area (Å²) in [6.07, 6.45) is 0.448. The van der Waals surface area contributed by atoms with E-state index < -0.39 is 0 Å². The zero-order valence-electron chi connectivity index (χ0n) is 18.1. The van der Waals surface area contributed by atoms with Gasteiger partial charge in [-0.25, -0.2) is 0 Å². The predicted octanol–water partition coefficient (Wildman–Crippen LogP) is 4.04. The van der Waals surface area contributed by atoms with Gasteiger partial charge in [-0.2, -0.15) is 0 Å². The number of rotatable bonds is 9. The molecule has 0 fully saturated rings. The number of nitrogens with zero attached hydrogens (tertiary/aromatic N) is 1. The van der Waals surface area contributed by atoms with Crippen LogP contribution in [0.4, 0.5) is 11.4 Å². The van der Waals surface area contributed by atoms with Crippen LogP contribution in [0, 0.1) is 0 Å². The number of hydrogen-bond donors (Lipinski definition) is 2. The Labute approximate surface area is 188 Å². The Morgan fingerprint density at radius 2 is 1.44 bits per heavy atom. The van der Waals surface area contributed by atoms with Gasteiger partial charge in [0.15, 0.2) is 0 Å². The molecule has 6 heteroatoms. The van der Waals surface area contributed by atoms with Gasteiger partial charge in [-0.05, 0) is 48.9 Å². The summed E-state index contributed by atoms with van der Waals surface area (Å²) in [7, 11) is 0. The molecule has 3 aromatic carbocycles. The van der Waals surface area contributed by atoms with Gasteiger partial charge in [0.05, 0.1) is 6.42 Å². The molecule has 3 aromatic rings. The Morgan fingerprint density at radius 3 is 2.06 bits per heavy atom. The molecule has 0 saturated carbocycles. The van der Waals surface area contributed by atoms with Crippen LogP contribution in [0.5, 0.6) is 0 Å². The van der Waals surface area contributed by atoms with Gasteiger partial charge in [0.25, 0.3) is 5.91 Å². The number of amides is 3. The third-order valence-electron chi connectivity index (χ3n) is 4.95. The number of carbonyl (C=O) groups is 3. The summed E-state index contributed by atoms with van der Waals surface area (Å²) in [5.41, 5.74) is 2.96. The van der Waals surface area contributed by atoms with E-state index in [2.05, 4.69) is 10.6 Å². The summed E-state index contributed by atoms with van der Waals surface area (Å²) in [5, 5.41) is 5.54. The Hall–Kier alpha value is -3.93. The smallest absolute Gasteiger partial charge is 0.251 e. The minimum absolute atomic E-state index is 0.0182. The molecule has 0 aromatic heterocycles. The molecule has 0 heterocycles. The summed E-state index contributed by atoms with van der Waals surface area (Å²) in [4.78, 5) is 38.6. The third-order valence-corrected chi connectivity index (χ3v) is 4.95. The van der Waals surface area contributed by atoms with Crippen molar-refractivity contribution in [1.29, 1.82) is 0 Å². The van der Waals surface area contributed by atoms with Crippen molar-refractivity contribution in [3.8, 4) is 0 Å². The van der Waals surface area contributed by atoms with Crippen LogP contribution in [-0.2, 0) is 16.0 Å². The van der Waals surface area contributed by atoms with Crippen LogP contribution in [0.2, 0.25) is 0 Å². The lowest BCUT2D eigenvalue weighted by Gasteiger charge is -2.21. The average molecular weight is 430 g/mol. The highest BCUT2D eigenvalue weighted by Crippen LogP contribution is 2.16. The molecule has 0 unspecified atom stereocenters. The Balaban J connectivity index is 1.46. The van der Waals surface area contributed by atoms with Gasteiger partial charge in [-0.15, -0.1) is 0 Å². The molecule has 0 aliphatic heterocycles. The van der Waals surface area contributed by atoms with Gasteiger partial charge in [0.2, 0.25) is 11.8 Å². The van der Waals surface area contributed by atoms with Crippen molar-refractivity contribution in [3.63, 3.8) is 0 Å². The van der Waals surface area contributed by atoms with Crippen molar-refractivity contribution in [2.75, 3.05) is 23.3 Å². The fourth-order valence-electron chi connectivity index (χ4n) is 3.29. The zero-order chi connectivity index (χ0) is 22.8. The summed E-state index contributed by atoms with van der Waals surface area (Å²) >= 11 is 0. The maximum Gasteiger partial charge on any atom is 0.251 e. The molecule has 0 bridgehead atoms. The van der Waals surface area contributed by atoms with Crippen molar-refractivity contribution >= 4 is 29.1 Å². The second kappa shape index (κ2) is 11.5. The van der Waals surface area contributed by atoms with Crippen LogP contribution in [0.1, 0.15) is 29.3 Å². The number of benzene rings is 3. The van der Waals surface area contributed by atoms with Crippen LogP contribution in [-0.4, -0.2) is 30.8 Å². The Bertz CT molecular complexity index is 1030. The van der Waals surface area contributed by atoms with Gasteiger partial charge in [0, 0.05) is 36.4 Å². The SMILES string of the molecule is CCN(C(=O)Cc1ccc(NC(=O)CCNC(=O)c2ccccc2)cc1)c1ccccc1. The molecule has 0 aliphatic carbocycles. The van der Waals surface area contributed by atoms with Gasteiger partial charge < -0.3 is 15.5 Å². The summed E-state index contributed by atoms with van der Waals surface area (Å²) < 4.78 is 0. The standard InChI is InChI=1S/C26H27N3O3/c1-2-29(23-11-7-4-8-12-23)25(31)19-20-13-15-22(16-14-20)28-24(30)17-18-27-26(32)21-9-5-3-6-10-21/h3-16H,2,17-19H2,1H3,(H,27,32)(H,28,30). The Morgan fingerprint density at radius 1 is 0.812 bits per heavy atom. The van der Waals surface area contributed by atoms with E-state index in [4.69, 9.17) is 0 Å². The fraction of sp³-hybridized carbons (Fsp3) is 0.192. The van der Waals surface area contributed by atoms with E-state index in [9.17, 15) is 14.4 Å². The first-order valence-electron chi connectivity index (χ1n) is 10.6. The molecular formula is C26H27N3O3. The lowest BCUT2D eigenvalue weighted by atomic mass is 10.1. The maximum atomic E-state index is 12.7. The molecular weight excluding hydrogens is 402 g/mol. The number of likely N-dealkylation sites (N-methyl/N-ethyl adjacent to an activating group) is 1. The number of para-hydroxylation sites is 1. The quantitative estimate of drug-likeness (QED) is 0.539. The molecule has 0 spiro atoms. The average Bonchev–Trinajstić information content (AvgIpc) is 2.82. The molecule has 2 N–H and O–H groups in total. The minimum Gasteiger partial charge on any atom is -0.352 e. The van der Waals surface area contributed by atoms with E-state index in [1.54, 1.807) is 41.3 Å². The van der Waals surface area contributed by atoms with E-state index in [0.717, 1.165) is 11.3 Å². The second-order valence-electron chi connectivity index (χ2n) is 7.27.